The molecule has 14 heteroatoms. The Kier molecular flexibility index (Phi) is 6.35. The van der Waals surface area contributed by atoms with Crippen molar-refractivity contribution in [2.45, 2.75) is 6.18 Å². The van der Waals surface area contributed by atoms with Crippen LogP contribution in [0.2, 0.25) is 5.02 Å². The Hall–Kier alpha value is -2.90. The number of nitro groups is 1. The standard InChI is InChI=1S/C15H10ClF3N2O7S/c1-29(25,26)20-28-14(22)10-7-9(3-4-12(10)21(23)24)27-13-5-2-8(6-11(13)16)15(17,18)19/h2-7,20H,1H3. The molecule has 0 aliphatic carbocycles. The summed E-state index contributed by atoms with van der Waals surface area (Å²) in [6.07, 6.45) is -3.94. The number of carbonyl (C=O) groups is 1. The SMILES string of the molecule is CS(=O)(=O)NOC(=O)c1cc(Oc2ccc(C(F)(F)F)cc2Cl)ccc1[N+](=O)[O-]. The predicted octanol–water partition coefficient (Wildman–Crippen LogP) is 3.68. The number of benzene rings is 2. The van der Waals surface area contributed by atoms with Gasteiger partial charge in [0.25, 0.3) is 5.69 Å². The molecule has 0 amide bonds. The number of ether oxygens (including phenoxy) is 1. The average Bonchev–Trinajstić information content (AvgIpc) is 2.59. The molecule has 2 aromatic rings. The van der Waals surface area contributed by atoms with Crippen LogP contribution in [0.4, 0.5) is 18.9 Å². The number of hydrogen-bond donors (Lipinski definition) is 1. The van der Waals surface area contributed by atoms with E-state index in [1.165, 1.54) is 4.89 Å². The van der Waals surface area contributed by atoms with Crippen LogP contribution in [0.1, 0.15) is 15.9 Å². The van der Waals surface area contributed by atoms with Crippen LogP contribution in [0.25, 0.3) is 0 Å². The van der Waals surface area contributed by atoms with Crippen molar-refractivity contribution in [3.05, 3.63) is 62.7 Å². The lowest BCUT2D eigenvalue weighted by Crippen LogP contribution is -2.26. The lowest BCUT2D eigenvalue weighted by atomic mass is 10.1. The Morgan fingerprint density at radius 3 is 2.38 bits per heavy atom. The molecule has 0 saturated heterocycles. The van der Waals surface area contributed by atoms with Gasteiger partial charge in [-0.3, -0.25) is 10.1 Å². The van der Waals surface area contributed by atoms with E-state index in [4.69, 9.17) is 16.3 Å². The summed E-state index contributed by atoms with van der Waals surface area (Å²) >= 11 is 5.77. The van der Waals surface area contributed by atoms with Crippen molar-refractivity contribution in [3.8, 4) is 11.5 Å². The maximum absolute atomic E-state index is 12.7. The van der Waals surface area contributed by atoms with Gasteiger partial charge in [-0.1, -0.05) is 11.6 Å². The maximum atomic E-state index is 12.7. The highest BCUT2D eigenvalue weighted by Gasteiger charge is 2.31. The third-order valence-electron chi connectivity index (χ3n) is 3.16. The van der Waals surface area contributed by atoms with Crippen LogP contribution in [-0.2, 0) is 21.0 Å². The van der Waals surface area contributed by atoms with E-state index in [-0.39, 0.29) is 11.5 Å². The van der Waals surface area contributed by atoms with Crippen LogP contribution in [0.3, 0.4) is 0 Å². The summed E-state index contributed by atoms with van der Waals surface area (Å²) in [5, 5.41) is 10.7. The molecule has 0 atom stereocenters. The van der Waals surface area contributed by atoms with Crippen molar-refractivity contribution in [1.82, 2.24) is 4.89 Å². The van der Waals surface area contributed by atoms with Gasteiger partial charge in [-0.05, 0) is 29.2 Å². The van der Waals surface area contributed by atoms with E-state index in [0.717, 1.165) is 24.3 Å². The molecule has 2 aromatic carbocycles. The van der Waals surface area contributed by atoms with E-state index in [1.807, 2.05) is 0 Å². The lowest BCUT2D eigenvalue weighted by Gasteiger charge is -2.12. The van der Waals surface area contributed by atoms with Gasteiger partial charge < -0.3 is 9.57 Å². The first kappa shape index (κ1) is 22.4. The van der Waals surface area contributed by atoms with Gasteiger partial charge in [-0.25, -0.2) is 13.2 Å². The van der Waals surface area contributed by atoms with Gasteiger partial charge >= 0.3 is 12.1 Å². The maximum Gasteiger partial charge on any atom is 0.416 e. The van der Waals surface area contributed by atoms with E-state index < -0.39 is 48.9 Å². The molecule has 0 aliphatic rings. The fourth-order valence-corrected chi connectivity index (χ4v) is 2.40. The molecule has 0 bridgehead atoms. The molecule has 156 valence electrons. The van der Waals surface area contributed by atoms with Crippen molar-refractivity contribution < 1.29 is 40.9 Å². The van der Waals surface area contributed by atoms with E-state index >= 15 is 0 Å². The summed E-state index contributed by atoms with van der Waals surface area (Å²) in [6, 6.07) is 5.02. The molecular weight excluding hydrogens is 445 g/mol. The number of rotatable bonds is 6. The molecule has 0 unspecified atom stereocenters. The molecular formula is C15H10ClF3N2O7S. The van der Waals surface area contributed by atoms with Crippen molar-refractivity contribution in [3.63, 3.8) is 0 Å². The van der Waals surface area contributed by atoms with Gasteiger partial charge in [-0.15, -0.1) is 0 Å². The quantitative estimate of drug-likeness (QED) is 0.521. The third kappa shape index (κ3) is 6.04. The van der Waals surface area contributed by atoms with Crippen LogP contribution in [0, 0.1) is 10.1 Å². The molecule has 1 N–H and O–H groups in total. The van der Waals surface area contributed by atoms with Gasteiger partial charge in [0.15, 0.2) is 0 Å². The fourth-order valence-electron chi connectivity index (χ4n) is 1.96. The third-order valence-corrected chi connectivity index (χ3v) is 3.84. The Morgan fingerprint density at radius 2 is 1.86 bits per heavy atom. The number of nitro benzene ring substituents is 1. The van der Waals surface area contributed by atoms with Crippen LogP contribution in [-0.4, -0.2) is 25.6 Å². The second kappa shape index (κ2) is 8.23. The second-order valence-corrected chi connectivity index (χ2v) is 7.54. The molecule has 2 rings (SSSR count). The lowest BCUT2D eigenvalue weighted by molar-refractivity contribution is -0.385. The summed E-state index contributed by atoms with van der Waals surface area (Å²) in [7, 11) is -3.94. The van der Waals surface area contributed by atoms with Gasteiger partial charge in [-0.2, -0.15) is 13.2 Å². The first-order valence-corrected chi connectivity index (χ1v) is 9.56. The van der Waals surface area contributed by atoms with Gasteiger partial charge in [0.2, 0.25) is 10.0 Å². The smallest absolute Gasteiger partial charge is 0.416 e. The molecule has 9 nitrogen and oxygen atoms in total. The van der Waals surface area contributed by atoms with Crippen molar-refractivity contribution in [2.75, 3.05) is 6.26 Å². The highest BCUT2D eigenvalue weighted by molar-refractivity contribution is 7.88. The molecule has 0 radical (unpaired) electrons. The number of nitrogens with zero attached hydrogens (tertiary/aromatic N) is 1. The molecule has 0 aromatic heterocycles. The first-order valence-electron chi connectivity index (χ1n) is 7.29. The van der Waals surface area contributed by atoms with Crippen LogP contribution < -0.4 is 9.62 Å². The second-order valence-electron chi connectivity index (χ2n) is 5.43. The van der Waals surface area contributed by atoms with Gasteiger partial charge in [0.1, 0.15) is 17.1 Å². The first-order chi connectivity index (χ1) is 13.3. The van der Waals surface area contributed by atoms with Crippen LogP contribution in [0.15, 0.2) is 36.4 Å². The monoisotopic (exact) mass is 454 g/mol. The minimum Gasteiger partial charge on any atom is -0.456 e. The zero-order valence-corrected chi connectivity index (χ0v) is 15.8. The zero-order valence-electron chi connectivity index (χ0n) is 14.2. The number of nitrogens with one attached hydrogen (secondary N) is 1. The summed E-state index contributed by atoms with van der Waals surface area (Å²) in [6.45, 7) is 0. The van der Waals surface area contributed by atoms with Gasteiger partial charge in [0.05, 0.1) is 21.8 Å². The minimum absolute atomic E-state index is 0.205. The summed E-state index contributed by atoms with van der Waals surface area (Å²) < 4.78 is 65.3. The molecule has 29 heavy (non-hydrogen) atoms. The van der Waals surface area contributed by atoms with E-state index in [9.17, 15) is 36.5 Å². The highest BCUT2D eigenvalue weighted by atomic mass is 35.5. The Balaban J connectivity index is 2.35. The summed E-state index contributed by atoms with van der Waals surface area (Å²) in [5.41, 5.74) is -2.42. The largest absolute Gasteiger partial charge is 0.456 e. The Labute approximate surface area is 166 Å². The number of halogens is 4. The molecule has 0 heterocycles. The number of hydrogen-bond acceptors (Lipinski definition) is 7. The fraction of sp³-hybridized carbons (Fsp3) is 0.133. The van der Waals surface area contributed by atoms with Crippen molar-refractivity contribution in [2.24, 2.45) is 0 Å². The topological polar surface area (TPSA) is 125 Å². The Bertz CT molecular complexity index is 1070. The number of sulfonamides is 1. The van der Waals surface area contributed by atoms with E-state index in [0.29, 0.717) is 18.4 Å². The predicted molar refractivity (Wildman–Crippen MR) is 93.0 cm³/mol. The van der Waals surface area contributed by atoms with Crippen molar-refractivity contribution >= 4 is 33.3 Å². The highest BCUT2D eigenvalue weighted by Crippen LogP contribution is 2.37. The number of alkyl halides is 3. The normalized spacial score (nSPS) is 11.8. The molecule has 0 aliphatic heterocycles. The molecule has 0 saturated carbocycles. The number of carbonyl (C=O) groups excluding carboxylic acids is 1. The van der Waals surface area contributed by atoms with Crippen LogP contribution in [0.5, 0.6) is 11.5 Å². The van der Waals surface area contributed by atoms with Crippen molar-refractivity contribution in [1.29, 1.82) is 0 Å². The average molecular weight is 455 g/mol. The van der Waals surface area contributed by atoms with Gasteiger partial charge in [0, 0.05) is 12.1 Å². The Morgan fingerprint density at radius 1 is 1.21 bits per heavy atom. The molecule has 0 spiro atoms. The molecule has 0 fully saturated rings. The summed E-state index contributed by atoms with van der Waals surface area (Å²) in [5.74, 6) is -1.84. The zero-order chi connectivity index (χ0) is 22.0. The van der Waals surface area contributed by atoms with E-state index in [1.54, 1.807) is 0 Å². The van der Waals surface area contributed by atoms with E-state index in [2.05, 4.69) is 4.84 Å². The van der Waals surface area contributed by atoms with Crippen LogP contribution >= 0.6 is 11.6 Å². The summed E-state index contributed by atoms with van der Waals surface area (Å²) in [4.78, 5) is 27.8. The minimum atomic E-state index is -4.63.